The van der Waals surface area contributed by atoms with Gasteiger partial charge < -0.3 is 11.2 Å². The molecule has 0 atom stereocenters. The van der Waals surface area contributed by atoms with E-state index in [9.17, 15) is 4.79 Å². The van der Waals surface area contributed by atoms with Crippen molar-refractivity contribution in [2.75, 3.05) is 0 Å². The van der Waals surface area contributed by atoms with Gasteiger partial charge in [0.1, 0.15) is 6.34 Å². The number of nitrogens with zero attached hydrogens (tertiary/aromatic N) is 1. The summed E-state index contributed by atoms with van der Waals surface area (Å²) in [6.07, 6.45) is 1.15. The normalized spacial score (nSPS) is 10.2. The Morgan fingerprint density at radius 1 is 1.82 bits per heavy atom. The number of nitrogens with two attached hydrogens (primary N) is 1. The molecule has 3 N–H and O–H groups in total. The molecular formula is C6H7N3OS. The van der Waals surface area contributed by atoms with E-state index in [1.807, 2.05) is 5.38 Å². The Hall–Kier alpha value is -1.36. The van der Waals surface area contributed by atoms with Gasteiger partial charge in [0.05, 0.1) is 4.88 Å². The minimum absolute atomic E-state index is 0.186. The first-order valence-corrected chi connectivity index (χ1v) is 3.78. The molecule has 0 saturated heterocycles. The van der Waals surface area contributed by atoms with Crippen LogP contribution in [0.5, 0.6) is 0 Å². The first-order chi connectivity index (χ1) is 5.34. The van der Waals surface area contributed by atoms with Crippen LogP contribution in [0.3, 0.4) is 0 Å². The van der Waals surface area contributed by atoms with Crippen molar-refractivity contribution in [2.24, 2.45) is 10.9 Å². The van der Waals surface area contributed by atoms with Crippen LogP contribution in [-0.4, -0.2) is 12.2 Å². The Labute approximate surface area is 67.7 Å². The molecule has 1 aromatic heterocycles. The highest BCUT2D eigenvalue weighted by atomic mass is 32.1. The fourth-order valence-electron chi connectivity index (χ4n) is 0.575. The molecule has 0 fully saturated rings. The lowest BCUT2D eigenvalue weighted by Gasteiger charge is -1.92. The second-order valence-electron chi connectivity index (χ2n) is 1.73. The Kier molecular flexibility index (Phi) is 2.62. The predicted octanol–water partition coefficient (Wildman–Crippen LogP) is 0.380. The predicted molar refractivity (Wildman–Crippen MR) is 44.5 cm³/mol. The van der Waals surface area contributed by atoms with Crippen LogP contribution < -0.4 is 11.2 Å². The molecule has 0 aromatic carbocycles. The maximum atomic E-state index is 11.0. The van der Waals surface area contributed by atoms with E-state index in [1.54, 1.807) is 12.1 Å². The monoisotopic (exact) mass is 169 g/mol. The highest BCUT2D eigenvalue weighted by molar-refractivity contribution is 7.12. The van der Waals surface area contributed by atoms with E-state index in [-0.39, 0.29) is 5.91 Å². The molecule has 0 bridgehead atoms. The third-order valence-electron chi connectivity index (χ3n) is 1.02. The molecule has 0 aliphatic carbocycles. The molecule has 1 heterocycles. The van der Waals surface area contributed by atoms with Crippen LogP contribution in [0, 0.1) is 0 Å². The molecule has 11 heavy (non-hydrogen) atoms. The molecule has 1 amide bonds. The average Bonchev–Trinajstić information content (AvgIpc) is 2.52. The number of thiophene rings is 1. The highest BCUT2D eigenvalue weighted by Gasteiger charge is 2.02. The fourth-order valence-corrected chi connectivity index (χ4v) is 1.20. The van der Waals surface area contributed by atoms with Crippen LogP contribution in [0.25, 0.3) is 0 Å². The van der Waals surface area contributed by atoms with Crippen molar-refractivity contribution in [3.05, 3.63) is 22.4 Å². The Morgan fingerprint density at radius 3 is 3.18 bits per heavy atom. The third-order valence-corrected chi connectivity index (χ3v) is 1.88. The number of hydrazone groups is 1. The summed E-state index contributed by atoms with van der Waals surface area (Å²) in [7, 11) is 0. The first kappa shape index (κ1) is 7.74. The Bertz CT molecular complexity index is 255. The summed E-state index contributed by atoms with van der Waals surface area (Å²) in [5, 5.41) is 7.35. The lowest BCUT2D eigenvalue weighted by Crippen LogP contribution is -2.20. The van der Waals surface area contributed by atoms with Gasteiger partial charge in [0.15, 0.2) is 0 Å². The van der Waals surface area contributed by atoms with Gasteiger partial charge in [-0.3, -0.25) is 4.79 Å². The topological polar surface area (TPSA) is 67.5 Å². The third kappa shape index (κ3) is 2.05. The molecule has 5 heteroatoms. The smallest absolute Gasteiger partial charge is 0.266 e. The molecule has 1 aromatic rings. The average molecular weight is 169 g/mol. The minimum atomic E-state index is -0.186. The van der Waals surface area contributed by atoms with Crippen molar-refractivity contribution in [1.82, 2.24) is 5.32 Å². The Morgan fingerprint density at radius 2 is 2.64 bits per heavy atom. The van der Waals surface area contributed by atoms with Gasteiger partial charge in [0, 0.05) is 0 Å². The Balaban J connectivity index is 2.56. The number of nitrogens with one attached hydrogen (secondary N) is 1. The molecule has 0 saturated carbocycles. The van der Waals surface area contributed by atoms with E-state index in [0.717, 1.165) is 6.34 Å². The standard InChI is InChI=1S/C6H7N3OS/c7-9-4-8-6(10)5-2-1-3-11-5/h1-4H,7H2,(H,8,9,10). The lowest BCUT2D eigenvalue weighted by molar-refractivity contribution is 0.0982. The number of hydrogen-bond acceptors (Lipinski definition) is 4. The summed E-state index contributed by atoms with van der Waals surface area (Å²) >= 11 is 1.37. The van der Waals surface area contributed by atoms with Crippen LogP contribution in [0.1, 0.15) is 9.67 Å². The van der Waals surface area contributed by atoms with Crippen LogP contribution in [0.2, 0.25) is 0 Å². The maximum absolute atomic E-state index is 11.0. The SMILES string of the molecule is N/N=C/NC(=O)c1cccs1. The first-order valence-electron chi connectivity index (χ1n) is 2.90. The highest BCUT2D eigenvalue weighted by Crippen LogP contribution is 2.06. The summed E-state index contributed by atoms with van der Waals surface area (Å²) in [6, 6.07) is 3.53. The lowest BCUT2D eigenvalue weighted by atomic mass is 10.4. The van der Waals surface area contributed by atoms with E-state index in [4.69, 9.17) is 5.84 Å². The second-order valence-corrected chi connectivity index (χ2v) is 2.68. The maximum Gasteiger partial charge on any atom is 0.266 e. The zero-order chi connectivity index (χ0) is 8.10. The van der Waals surface area contributed by atoms with Gasteiger partial charge in [-0.2, -0.15) is 5.10 Å². The number of carbonyl (C=O) groups is 1. The van der Waals surface area contributed by atoms with E-state index in [0.29, 0.717) is 4.88 Å². The van der Waals surface area contributed by atoms with E-state index in [1.165, 1.54) is 11.3 Å². The zero-order valence-corrected chi connectivity index (χ0v) is 6.47. The van der Waals surface area contributed by atoms with E-state index >= 15 is 0 Å². The molecule has 0 aliphatic heterocycles. The zero-order valence-electron chi connectivity index (χ0n) is 5.65. The van der Waals surface area contributed by atoms with Crippen LogP contribution >= 0.6 is 11.3 Å². The summed E-state index contributed by atoms with van der Waals surface area (Å²) in [6.45, 7) is 0. The van der Waals surface area contributed by atoms with E-state index < -0.39 is 0 Å². The summed E-state index contributed by atoms with van der Waals surface area (Å²) < 4.78 is 0. The molecule has 0 radical (unpaired) electrons. The summed E-state index contributed by atoms with van der Waals surface area (Å²) in [5.74, 6) is 4.60. The second kappa shape index (κ2) is 3.72. The summed E-state index contributed by atoms with van der Waals surface area (Å²) in [5.41, 5.74) is 0. The van der Waals surface area contributed by atoms with Crippen LogP contribution in [-0.2, 0) is 0 Å². The van der Waals surface area contributed by atoms with E-state index in [2.05, 4.69) is 10.4 Å². The van der Waals surface area contributed by atoms with Gasteiger partial charge >= 0.3 is 0 Å². The number of hydrogen-bond donors (Lipinski definition) is 2. The van der Waals surface area contributed by atoms with Crippen LogP contribution in [0.4, 0.5) is 0 Å². The van der Waals surface area contributed by atoms with Crippen molar-refractivity contribution in [3.63, 3.8) is 0 Å². The number of amides is 1. The fraction of sp³-hybridized carbons (Fsp3) is 0. The summed E-state index contributed by atoms with van der Waals surface area (Å²) in [4.78, 5) is 11.7. The largest absolute Gasteiger partial charge is 0.322 e. The van der Waals surface area contributed by atoms with Gasteiger partial charge in [-0.05, 0) is 11.4 Å². The van der Waals surface area contributed by atoms with Crippen molar-refractivity contribution in [2.45, 2.75) is 0 Å². The molecule has 0 unspecified atom stereocenters. The molecule has 0 spiro atoms. The quantitative estimate of drug-likeness (QED) is 0.291. The van der Waals surface area contributed by atoms with Crippen molar-refractivity contribution < 1.29 is 4.79 Å². The van der Waals surface area contributed by atoms with Crippen molar-refractivity contribution in [3.8, 4) is 0 Å². The van der Waals surface area contributed by atoms with Crippen molar-refractivity contribution >= 4 is 23.6 Å². The molecule has 0 aliphatic rings. The molecule has 1 rings (SSSR count). The van der Waals surface area contributed by atoms with Gasteiger partial charge in [-0.25, -0.2) is 0 Å². The van der Waals surface area contributed by atoms with Gasteiger partial charge in [-0.1, -0.05) is 6.07 Å². The molecular weight excluding hydrogens is 162 g/mol. The molecule has 4 nitrogen and oxygen atoms in total. The number of carbonyl (C=O) groups excluding carboxylic acids is 1. The number of rotatable bonds is 2. The van der Waals surface area contributed by atoms with Crippen molar-refractivity contribution in [1.29, 1.82) is 0 Å². The molecule has 58 valence electrons. The van der Waals surface area contributed by atoms with Gasteiger partial charge in [0.2, 0.25) is 0 Å². The minimum Gasteiger partial charge on any atom is -0.322 e. The van der Waals surface area contributed by atoms with Crippen LogP contribution in [0.15, 0.2) is 22.6 Å². The van der Waals surface area contributed by atoms with Gasteiger partial charge in [0.25, 0.3) is 5.91 Å². The van der Waals surface area contributed by atoms with Gasteiger partial charge in [-0.15, -0.1) is 11.3 Å².